The van der Waals surface area contributed by atoms with Gasteiger partial charge in [0.15, 0.2) is 0 Å². The molecule has 25 heavy (non-hydrogen) atoms. The molecule has 3 N–H and O–H groups in total. The molecule has 6 nitrogen and oxygen atoms in total. The van der Waals surface area contributed by atoms with Crippen LogP contribution in [-0.4, -0.2) is 21.1 Å². The first kappa shape index (κ1) is 14.8. The number of amides is 1. The van der Waals surface area contributed by atoms with Gasteiger partial charge in [0.1, 0.15) is 0 Å². The second-order valence-electron chi connectivity index (χ2n) is 8.39. The summed E-state index contributed by atoms with van der Waals surface area (Å²) in [6.07, 6.45) is 9.70. The number of carbonyl (C=O) groups excluding carboxylic acids is 1. The maximum absolute atomic E-state index is 12.0. The molecule has 0 aromatic carbocycles. The van der Waals surface area contributed by atoms with Crippen molar-refractivity contribution in [3.63, 3.8) is 0 Å². The van der Waals surface area contributed by atoms with Crippen LogP contribution in [0.2, 0.25) is 0 Å². The summed E-state index contributed by atoms with van der Waals surface area (Å²) >= 11 is 0. The highest BCUT2D eigenvalue weighted by atomic mass is 16.1. The Morgan fingerprint density at radius 1 is 1.36 bits per heavy atom. The molecule has 0 saturated heterocycles. The summed E-state index contributed by atoms with van der Waals surface area (Å²) in [6.45, 7) is 0. The zero-order chi connectivity index (χ0) is 17.2. The predicted octanol–water partition coefficient (Wildman–Crippen LogP) is 2.71. The van der Waals surface area contributed by atoms with Gasteiger partial charge in [0.25, 0.3) is 5.91 Å². The van der Waals surface area contributed by atoms with Gasteiger partial charge in [-0.2, -0.15) is 10.4 Å². The van der Waals surface area contributed by atoms with Crippen LogP contribution >= 0.6 is 0 Å². The first-order valence-corrected chi connectivity index (χ1v) is 8.97. The van der Waals surface area contributed by atoms with E-state index in [0.717, 1.165) is 43.3 Å². The normalized spacial score (nSPS) is 35.6. The molecule has 0 aliphatic heterocycles. The van der Waals surface area contributed by atoms with Gasteiger partial charge in [-0.25, -0.2) is 4.52 Å². The third kappa shape index (κ3) is 2.08. The molecule has 1 unspecified atom stereocenters. The highest BCUT2D eigenvalue weighted by Crippen LogP contribution is 2.62. The lowest BCUT2D eigenvalue weighted by molar-refractivity contribution is -0.0268. The largest absolute Gasteiger partial charge is 0.377 e. The Labute approximate surface area is 146 Å². The van der Waals surface area contributed by atoms with Gasteiger partial charge in [0.2, 0.25) is 0 Å². The molecule has 1 amide bonds. The van der Waals surface area contributed by atoms with Crippen molar-refractivity contribution in [2.75, 3.05) is 5.32 Å². The Bertz CT molecular complexity index is 910. The third-order valence-electron chi connectivity index (χ3n) is 6.52. The number of aromatic nitrogens is 2. The summed E-state index contributed by atoms with van der Waals surface area (Å²) in [5.74, 6) is 0.739. The lowest BCUT2D eigenvalue weighted by Crippen LogP contribution is -2.58. The molecule has 4 aliphatic carbocycles. The first-order chi connectivity index (χ1) is 12.0. The van der Waals surface area contributed by atoms with Crippen LogP contribution in [0.1, 0.15) is 48.9 Å². The maximum atomic E-state index is 12.0. The Morgan fingerprint density at radius 3 is 2.80 bits per heavy atom. The molecular weight excluding hydrogens is 314 g/mol. The van der Waals surface area contributed by atoms with Crippen LogP contribution in [0.15, 0.2) is 24.5 Å². The number of nitrogens with one attached hydrogen (secondary N) is 1. The van der Waals surface area contributed by atoms with Crippen molar-refractivity contribution in [2.45, 2.75) is 44.1 Å². The van der Waals surface area contributed by atoms with Gasteiger partial charge in [-0.3, -0.25) is 4.79 Å². The van der Waals surface area contributed by atoms with Crippen LogP contribution < -0.4 is 11.1 Å². The summed E-state index contributed by atoms with van der Waals surface area (Å²) in [7, 11) is 0. The molecule has 4 aliphatic rings. The second-order valence-corrected chi connectivity index (χ2v) is 8.39. The quantitative estimate of drug-likeness (QED) is 0.901. The molecule has 4 saturated carbocycles. The van der Waals surface area contributed by atoms with Crippen molar-refractivity contribution in [1.82, 2.24) is 9.61 Å². The standard InChI is InChI=1S/C19H21N5O/c20-11-18-5-12-4-13(6-18)8-19(7-12,10-18)23-16-14(17(21)25)9-22-24-3-1-2-15(16)24/h1-3,9,12-13,23H,4-8,10H2,(H2,21,25)/t12-,13+,18?,19+. The lowest BCUT2D eigenvalue weighted by Gasteiger charge is -2.60. The van der Waals surface area contributed by atoms with Crippen LogP contribution in [-0.2, 0) is 0 Å². The van der Waals surface area contributed by atoms with Crippen LogP contribution in [0.3, 0.4) is 0 Å². The van der Waals surface area contributed by atoms with Gasteiger partial charge < -0.3 is 11.1 Å². The van der Waals surface area contributed by atoms with Crippen LogP contribution in [0.25, 0.3) is 5.52 Å². The number of rotatable bonds is 3. The summed E-state index contributed by atoms with van der Waals surface area (Å²) in [5, 5.41) is 17.8. The zero-order valence-corrected chi connectivity index (χ0v) is 14.0. The fourth-order valence-electron chi connectivity index (χ4n) is 6.12. The molecule has 0 radical (unpaired) electrons. The minimum absolute atomic E-state index is 0.115. The van der Waals surface area contributed by atoms with Crippen LogP contribution in [0, 0.1) is 28.6 Å². The molecule has 128 valence electrons. The molecular formula is C19H21N5O. The van der Waals surface area contributed by atoms with Crippen LogP contribution in [0.5, 0.6) is 0 Å². The summed E-state index contributed by atoms with van der Waals surface area (Å²) < 4.78 is 1.76. The van der Waals surface area contributed by atoms with Gasteiger partial charge >= 0.3 is 0 Å². The fraction of sp³-hybridized carbons (Fsp3) is 0.526. The SMILES string of the molecule is N#CC12C[C@H]3C[C@@H](C1)C[C@@](Nc1c(C(N)=O)cnn4cccc14)(C3)C2. The number of nitrogens with two attached hydrogens (primary N) is 1. The van der Waals surface area contributed by atoms with Gasteiger partial charge in [-0.05, 0) is 62.5 Å². The monoisotopic (exact) mass is 335 g/mol. The lowest BCUT2D eigenvalue weighted by atomic mass is 9.47. The van der Waals surface area contributed by atoms with Gasteiger partial charge in [-0.1, -0.05) is 0 Å². The van der Waals surface area contributed by atoms with E-state index in [0.29, 0.717) is 17.4 Å². The van der Waals surface area contributed by atoms with E-state index in [1.165, 1.54) is 12.6 Å². The number of fused-ring (bicyclic) bond motifs is 1. The van der Waals surface area contributed by atoms with E-state index in [1.54, 1.807) is 4.52 Å². The smallest absolute Gasteiger partial charge is 0.252 e. The van der Waals surface area contributed by atoms with Crippen molar-refractivity contribution in [3.05, 3.63) is 30.1 Å². The van der Waals surface area contributed by atoms with E-state index in [2.05, 4.69) is 16.5 Å². The highest BCUT2D eigenvalue weighted by molar-refractivity contribution is 6.02. The molecule has 2 heterocycles. The Balaban J connectivity index is 1.61. The molecule has 6 rings (SSSR count). The maximum Gasteiger partial charge on any atom is 0.252 e. The molecule has 6 heteroatoms. The summed E-state index contributed by atoms with van der Waals surface area (Å²) in [4.78, 5) is 12.0. The molecule has 4 bridgehead atoms. The average molecular weight is 335 g/mol. The Morgan fingerprint density at radius 2 is 2.12 bits per heavy atom. The van der Waals surface area contributed by atoms with Crippen molar-refractivity contribution >= 4 is 17.1 Å². The van der Waals surface area contributed by atoms with Gasteiger partial charge in [-0.15, -0.1) is 0 Å². The molecule has 2 aromatic heterocycles. The minimum atomic E-state index is -0.474. The summed E-state index contributed by atoms with van der Waals surface area (Å²) in [5.41, 5.74) is 7.35. The van der Waals surface area contributed by atoms with Gasteiger partial charge in [0, 0.05) is 11.7 Å². The highest BCUT2D eigenvalue weighted by Gasteiger charge is 2.58. The van der Waals surface area contributed by atoms with Crippen molar-refractivity contribution < 1.29 is 4.79 Å². The first-order valence-electron chi connectivity index (χ1n) is 8.97. The fourth-order valence-corrected chi connectivity index (χ4v) is 6.12. The zero-order valence-electron chi connectivity index (χ0n) is 14.0. The van der Waals surface area contributed by atoms with E-state index in [4.69, 9.17) is 5.73 Å². The van der Waals surface area contributed by atoms with Crippen molar-refractivity contribution in [1.29, 1.82) is 5.26 Å². The van der Waals surface area contributed by atoms with Crippen LogP contribution in [0.4, 0.5) is 5.69 Å². The van der Waals surface area contributed by atoms with E-state index in [-0.39, 0.29) is 11.0 Å². The van der Waals surface area contributed by atoms with E-state index in [1.807, 2.05) is 18.3 Å². The average Bonchev–Trinajstić information content (AvgIpc) is 3.02. The molecule has 2 aromatic rings. The van der Waals surface area contributed by atoms with E-state index < -0.39 is 5.91 Å². The number of hydrogen-bond acceptors (Lipinski definition) is 4. The number of anilines is 1. The van der Waals surface area contributed by atoms with Gasteiger partial charge in [0.05, 0.1) is 34.4 Å². The minimum Gasteiger partial charge on any atom is -0.377 e. The molecule has 4 atom stereocenters. The number of nitrogens with zero attached hydrogens (tertiary/aromatic N) is 3. The molecule has 4 fully saturated rings. The number of carbonyl (C=O) groups is 1. The second kappa shape index (κ2) is 4.75. The number of hydrogen-bond donors (Lipinski definition) is 2. The number of primary amides is 1. The topological polar surface area (TPSA) is 96.2 Å². The number of nitriles is 1. The van der Waals surface area contributed by atoms with E-state index >= 15 is 0 Å². The van der Waals surface area contributed by atoms with Crippen molar-refractivity contribution in [2.24, 2.45) is 23.0 Å². The van der Waals surface area contributed by atoms with E-state index in [9.17, 15) is 10.1 Å². The predicted molar refractivity (Wildman–Crippen MR) is 92.8 cm³/mol. The third-order valence-corrected chi connectivity index (χ3v) is 6.52. The van der Waals surface area contributed by atoms with Crippen molar-refractivity contribution in [3.8, 4) is 6.07 Å². The summed E-state index contributed by atoms with van der Waals surface area (Å²) in [6, 6.07) is 6.50. The Kier molecular flexibility index (Phi) is 2.81. The Hall–Kier alpha value is -2.55. The molecule has 0 spiro atoms.